The van der Waals surface area contributed by atoms with Crippen molar-refractivity contribution in [1.29, 1.82) is 0 Å². The van der Waals surface area contributed by atoms with Crippen LogP contribution in [-0.4, -0.2) is 17.0 Å². The van der Waals surface area contributed by atoms with Gasteiger partial charge in [-0.2, -0.15) is 0 Å². The SMILES string of the molecule is O=C1Cc2ccc(/C=C/CNC(=C3CC3)c3cccn(Cc4cc(F)c(F)c(F)c4)c3=O)cc2N1. The number of pyridine rings is 1. The van der Waals surface area contributed by atoms with Crippen LogP contribution in [0, 0.1) is 17.5 Å². The molecule has 1 amide bonds. The highest BCUT2D eigenvalue weighted by Gasteiger charge is 2.21. The molecule has 8 heteroatoms. The van der Waals surface area contributed by atoms with E-state index in [2.05, 4.69) is 10.6 Å². The minimum absolute atomic E-state index is 0.00768. The highest BCUT2D eigenvalue weighted by Crippen LogP contribution is 2.34. The Morgan fingerprint density at radius 2 is 1.83 bits per heavy atom. The molecule has 0 atom stereocenters. The second kappa shape index (κ2) is 9.29. The molecule has 2 N–H and O–H groups in total. The predicted molar refractivity (Wildman–Crippen MR) is 128 cm³/mol. The molecule has 1 saturated carbocycles. The number of halogens is 3. The lowest BCUT2D eigenvalue weighted by Crippen LogP contribution is -2.26. The van der Waals surface area contributed by atoms with Gasteiger partial charge in [0, 0.05) is 24.1 Å². The molecule has 0 unspecified atom stereocenters. The number of nitrogens with zero attached hydrogens (tertiary/aromatic N) is 1. The van der Waals surface area contributed by atoms with E-state index in [4.69, 9.17) is 0 Å². The number of allylic oxidation sites excluding steroid dienone is 1. The van der Waals surface area contributed by atoms with Crippen molar-refractivity contribution in [3.8, 4) is 0 Å². The van der Waals surface area contributed by atoms with Crippen molar-refractivity contribution in [2.75, 3.05) is 11.9 Å². The van der Waals surface area contributed by atoms with Crippen LogP contribution in [0.1, 0.15) is 35.1 Å². The highest BCUT2D eigenvalue weighted by atomic mass is 19.2. The second-order valence-corrected chi connectivity index (χ2v) is 8.63. The number of carbonyl (C=O) groups excluding carboxylic acids is 1. The lowest BCUT2D eigenvalue weighted by atomic mass is 10.1. The zero-order valence-corrected chi connectivity index (χ0v) is 18.7. The van der Waals surface area contributed by atoms with Gasteiger partial charge in [-0.1, -0.05) is 24.3 Å². The molecule has 2 aromatic carbocycles. The van der Waals surface area contributed by atoms with E-state index >= 15 is 0 Å². The van der Waals surface area contributed by atoms with Crippen LogP contribution in [0.5, 0.6) is 0 Å². The van der Waals surface area contributed by atoms with E-state index < -0.39 is 17.5 Å². The maximum absolute atomic E-state index is 13.6. The molecule has 0 bridgehead atoms. The zero-order chi connectivity index (χ0) is 24.5. The number of nitrogens with one attached hydrogen (secondary N) is 2. The standard InChI is InChI=1S/C27H22F3N3O2/c28-21-11-17(12-22(29)25(21)30)15-33-10-2-4-20(27(33)35)26(18-7-8-18)31-9-1-3-16-5-6-19-14-24(34)32-23(19)13-16/h1-6,10-13,31H,7-9,14-15H2,(H,32,34)/b3-1+. The molecular weight excluding hydrogens is 455 g/mol. The van der Waals surface area contributed by atoms with Gasteiger partial charge in [-0.3, -0.25) is 9.59 Å². The highest BCUT2D eigenvalue weighted by molar-refractivity contribution is 5.99. The van der Waals surface area contributed by atoms with Crippen molar-refractivity contribution in [3.63, 3.8) is 0 Å². The smallest absolute Gasteiger partial charge is 0.260 e. The first-order valence-corrected chi connectivity index (χ1v) is 11.3. The topological polar surface area (TPSA) is 63.1 Å². The molecule has 1 fully saturated rings. The van der Waals surface area contributed by atoms with Crippen LogP contribution in [0.15, 0.2) is 65.1 Å². The summed E-state index contributed by atoms with van der Waals surface area (Å²) in [5, 5.41) is 6.16. The zero-order valence-electron chi connectivity index (χ0n) is 18.7. The number of aromatic nitrogens is 1. The van der Waals surface area contributed by atoms with Gasteiger partial charge in [-0.05, 0) is 65.4 Å². The Kier molecular flexibility index (Phi) is 6.03. The van der Waals surface area contributed by atoms with Crippen molar-refractivity contribution in [1.82, 2.24) is 9.88 Å². The second-order valence-electron chi connectivity index (χ2n) is 8.63. The fraction of sp³-hybridized carbons (Fsp3) is 0.185. The molecule has 2 heterocycles. The summed E-state index contributed by atoms with van der Waals surface area (Å²) in [4.78, 5) is 24.7. The van der Waals surface area contributed by atoms with E-state index in [0.29, 0.717) is 18.5 Å². The molecule has 5 nitrogen and oxygen atoms in total. The van der Waals surface area contributed by atoms with Crippen molar-refractivity contribution in [3.05, 3.63) is 110 Å². The third-order valence-electron chi connectivity index (χ3n) is 6.01. The lowest BCUT2D eigenvalue weighted by Gasteiger charge is -2.13. The van der Waals surface area contributed by atoms with Crippen molar-refractivity contribution >= 4 is 23.4 Å². The molecule has 1 aromatic heterocycles. The first-order valence-electron chi connectivity index (χ1n) is 11.3. The van der Waals surface area contributed by atoms with Gasteiger partial charge in [-0.15, -0.1) is 0 Å². The Bertz CT molecular complexity index is 1430. The van der Waals surface area contributed by atoms with Gasteiger partial charge in [0.2, 0.25) is 5.91 Å². The fourth-order valence-electron chi connectivity index (χ4n) is 4.16. The van der Waals surface area contributed by atoms with Crippen LogP contribution in [0.25, 0.3) is 11.8 Å². The monoisotopic (exact) mass is 477 g/mol. The molecule has 0 radical (unpaired) electrons. The van der Waals surface area contributed by atoms with E-state index in [1.165, 1.54) is 10.8 Å². The number of rotatable bonds is 7. The van der Waals surface area contributed by atoms with E-state index in [9.17, 15) is 22.8 Å². The number of amides is 1. The molecule has 0 saturated heterocycles. The maximum Gasteiger partial charge on any atom is 0.260 e. The molecule has 178 valence electrons. The van der Waals surface area contributed by atoms with Crippen molar-refractivity contribution in [2.45, 2.75) is 25.8 Å². The first kappa shape index (κ1) is 22.7. The fourth-order valence-corrected chi connectivity index (χ4v) is 4.16. The Labute approximate surface area is 199 Å². The molecular formula is C27H22F3N3O2. The van der Waals surface area contributed by atoms with Crippen LogP contribution in [0.2, 0.25) is 0 Å². The minimum atomic E-state index is -1.53. The summed E-state index contributed by atoms with van der Waals surface area (Å²) in [6.45, 7) is 0.392. The van der Waals surface area contributed by atoms with Crippen LogP contribution in [-0.2, 0) is 17.8 Å². The van der Waals surface area contributed by atoms with Gasteiger partial charge in [-0.25, -0.2) is 13.2 Å². The van der Waals surface area contributed by atoms with Gasteiger partial charge in [0.05, 0.1) is 18.5 Å². The van der Waals surface area contributed by atoms with Crippen LogP contribution in [0.3, 0.4) is 0 Å². The first-order chi connectivity index (χ1) is 16.9. The summed E-state index contributed by atoms with van der Waals surface area (Å²) in [5.41, 5.74) is 4.97. The predicted octanol–water partition coefficient (Wildman–Crippen LogP) is 4.62. The van der Waals surface area contributed by atoms with E-state index in [1.54, 1.807) is 12.1 Å². The van der Waals surface area contributed by atoms with Gasteiger partial charge in [0.25, 0.3) is 5.56 Å². The molecule has 1 aliphatic carbocycles. The van der Waals surface area contributed by atoms with E-state index in [-0.39, 0.29) is 23.6 Å². The summed E-state index contributed by atoms with van der Waals surface area (Å²) in [6.07, 6.45) is 7.59. The molecule has 5 rings (SSSR count). The summed E-state index contributed by atoms with van der Waals surface area (Å²) in [5.74, 6) is -4.11. The Morgan fingerprint density at radius 1 is 1.06 bits per heavy atom. The summed E-state index contributed by atoms with van der Waals surface area (Å²) in [7, 11) is 0. The van der Waals surface area contributed by atoms with Crippen LogP contribution in [0.4, 0.5) is 18.9 Å². The molecule has 0 spiro atoms. The normalized spacial score (nSPS) is 14.3. The number of anilines is 1. The lowest BCUT2D eigenvalue weighted by molar-refractivity contribution is -0.115. The largest absolute Gasteiger partial charge is 0.381 e. The van der Waals surface area contributed by atoms with Gasteiger partial charge in [0.15, 0.2) is 17.5 Å². The van der Waals surface area contributed by atoms with Crippen molar-refractivity contribution < 1.29 is 18.0 Å². The van der Waals surface area contributed by atoms with Gasteiger partial charge < -0.3 is 15.2 Å². The van der Waals surface area contributed by atoms with E-state index in [1.807, 2.05) is 30.4 Å². The Balaban J connectivity index is 1.31. The number of hydrogen-bond donors (Lipinski definition) is 2. The number of fused-ring (bicyclic) bond motifs is 1. The van der Waals surface area contributed by atoms with Gasteiger partial charge in [0.1, 0.15) is 0 Å². The Hall–Kier alpha value is -4.07. The Morgan fingerprint density at radius 3 is 2.57 bits per heavy atom. The van der Waals surface area contributed by atoms with Crippen molar-refractivity contribution in [2.24, 2.45) is 0 Å². The molecule has 3 aromatic rings. The molecule has 2 aliphatic rings. The van der Waals surface area contributed by atoms with E-state index in [0.717, 1.165) is 53.1 Å². The quantitative estimate of drug-likeness (QED) is 0.489. The minimum Gasteiger partial charge on any atom is -0.381 e. The summed E-state index contributed by atoms with van der Waals surface area (Å²) >= 11 is 0. The third-order valence-corrected chi connectivity index (χ3v) is 6.01. The number of benzene rings is 2. The van der Waals surface area contributed by atoms with Crippen LogP contribution < -0.4 is 16.2 Å². The maximum atomic E-state index is 13.6. The van der Waals surface area contributed by atoms with Crippen LogP contribution >= 0.6 is 0 Å². The summed E-state index contributed by atoms with van der Waals surface area (Å²) in [6, 6.07) is 11.0. The molecule has 35 heavy (non-hydrogen) atoms. The number of carbonyl (C=O) groups is 1. The third kappa shape index (κ3) is 4.91. The molecule has 1 aliphatic heterocycles. The average Bonchev–Trinajstić information content (AvgIpc) is 3.59. The number of hydrogen-bond acceptors (Lipinski definition) is 3. The van der Waals surface area contributed by atoms with Gasteiger partial charge >= 0.3 is 0 Å². The summed E-state index contributed by atoms with van der Waals surface area (Å²) < 4.78 is 41.8. The average molecular weight is 477 g/mol.